The molecule has 3 heterocycles. The molecular formula is C26H28O16. The lowest BCUT2D eigenvalue weighted by atomic mass is 9.99. The Morgan fingerprint density at radius 1 is 0.786 bits per heavy atom. The average Bonchev–Trinajstić information content (AvgIpc) is 2.97. The fourth-order valence-corrected chi connectivity index (χ4v) is 4.58. The van der Waals surface area contributed by atoms with Crippen molar-refractivity contribution >= 4 is 11.0 Å². The Morgan fingerprint density at radius 3 is 2.10 bits per heavy atom. The van der Waals surface area contributed by atoms with Gasteiger partial charge in [-0.25, -0.2) is 0 Å². The Labute approximate surface area is 235 Å². The van der Waals surface area contributed by atoms with Crippen molar-refractivity contribution in [2.75, 3.05) is 13.2 Å². The molecule has 2 aromatic carbocycles. The van der Waals surface area contributed by atoms with Gasteiger partial charge >= 0.3 is 0 Å². The first-order valence-electron chi connectivity index (χ1n) is 12.6. The molecule has 42 heavy (non-hydrogen) atoms. The van der Waals surface area contributed by atoms with E-state index in [9.17, 15) is 55.9 Å². The van der Waals surface area contributed by atoms with Crippen molar-refractivity contribution in [2.45, 2.75) is 55.3 Å². The lowest BCUT2D eigenvalue weighted by Gasteiger charge is -2.39. The summed E-state index contributed by atoms with van der Waals surface area (Å²) in [5, 5.41) is 102. The molecule has 0 spiro atoms. The lowest BCUT2D eigenvalue weighted by Crippen LogP contribution is -2.60. The summed E-state index contributed by atoms with van der Waals surface area (Å²) >= 11 is 0. The smallest absolute Gasteiger partial charge is 0.229 e. The standard InChI is InChI=1S/C26H28O16/c27-6-13-16(32)18(34)20(36)26(40-13)41-23-17(33)14-10(29)5-12(8-1-3-9(28)4-2-8)39-22(14)24(21(23)37)42-25-19(35)15(31)11(30)7-38-25/h1-5,11,13,15-16,18-20,25-28,30-37H,6-7H2/t11-,13+,15-,16-,18-,19+,20+,25-,26-/m0/s1. The number of fused-ring (bicyclic) bond motifs is 1. The molecule has 0 bridgehead atoms. The first-order chi connectivity index (χ1) is 19.9. The summed E-state index contributed by atoms with van der Waals surface area (Å²) in [6, 6.07) is 6.40. The zero-order valence-electron chi connectivity index (χ0n) is 21.4. The first-order valence-corrected chi connectivity index (χ1v) is 12.6. The molecular weight excluding hydrogens is 568 g/mol. The summed E-state index contributed by atoms with van der Waals surface area (Å²) in [7, 11) is 0. The molecule has 1 aromatic heterocycles. The SMILES string of the molecule is O=c1cc(-c2ccc(O)cc2)oc2c(O[C@@H]3OC[C@H](O)[C@H](O)[C@H]3O)c(O)c(O[C@@H]3O[C@H](CO)[C@H](O)[C@H](O)[C@H]3O)c(O)c12. The quantitative estimate of drug-likeness (QED) is 0.142. The third kappa shape index (κ3) is 5.19. The van der Waals surface area contributed by atoms with Gasteiger partial charge in [-0.05, 0) is 24.3 Å². The molecule has 10 N–H and O–H groups in total. The van der Waals surface area contributed by atoms with Crippen LogP contribution in [0.25, 0.3) is 22.3 Å². The fraction of sp³-hybridized carbons (Fsp3) is 0.423. The zero-order valence-corrected chi connectivity index (χ0v) is 21.4. The van der Waals surface area contributed by atoms with Crippen LogP contribution in [0.1, 0.15) is 0 Å². The van der Waals surface area contributed by atoms with Crippen LogP contribution in [-0.4, -0.2) is 120 Å². The minimum absolute atomic E-state index is 0.0830. The number of aliphatic hydroxyl groups is 7. The van der Waals surface area contributed by atoms with Gasteiger partial charge in [0.1, 0.15) is 59.6 Å². The zero-order chi connectivity index (χ0) is 30.5. The van der Waals surface area contributed by atoms with E-state index in [1.807, 2.05) is 0 Å². The average molecular weight is 596 g/mol. The number of benzene rings is 2. The molecule has 228 valence electrons. The number of hydrogen-bond acceptors (Lipinski definition) is 16. The Morgan fingerprint density at radius 2 is 1.43 bits per heavy atom. The van der Waals surface area contributed by atoms with Crippen molar-refractivity contribution < 1.29 is 74.4 Å². The molecule has 2 fully saturated rings. The molecule has 2 aliphatic heterocycles. The largest absolute Gasteiger partial charge is 0.508 e. The predicted molar refractivity (Wildman–Crippen MR) is 136 cm³/mol. The minimum atomic E-state index is -1.98. The summed E-state index contributed by atoms with van der Waals surface area (Å²) in [6.45, 7) is -1.32. The molecule has 0 saturated carbocycles. The second-order valence-electron chi connectivity index (χ2n) is 9.76. The van der Waals surface area contributed by atoms with Gasteiger partial charge in [0.05, 0.1) is 13.2 Å². The Balaban J connectivity index is 1.66. The molecule has 0 radical (unpaired) electrons. The van der Waals surface area contributed by atoms with Gasteiger partial charge in [-0.3, -0.25) is 4.79 Å². The molecule has 2 saturated heterocycles. The summed E-state index contributed by atoms with van der Waals surface area (Å²) < 4.78 is 27.3. The minimum Gasteiger partial charge on any atom is -0.508 e. The highest BCUT2D eigenvalue weighted by Crippen LogP contribution is 2.51. The highest BCUT2D eigenvalue weighted by Gasteiger charge is 2.46. The van der Waals surface area contributed by atoms with Gasteiger partial charge in [-0.2, -0.15) is 0 Å². The first kappa shape index (κ1) is 29.8. The van der Waals surface area contributed by atoms with Crippen LogP contribution in [0.5, 0.6) is 28.7 Å². The van der Waals surface area contributed by atoms with Gasteiger partial charge < -0.3 is 74.4 Å². The maximum absolute atomic E-state index is 13.3. The lowest BCUT2D eigenvalue weighted by molar-refractivity contribution is -0.277. The van der Waals surface area contributed by atoms with Gasteiger partial charge in [0, 0.05) is 11.6 Å². The number of ether oxygens (including phenoxy) is 4. The second-order valence-corrected chi connectivity index (χ2v) is 9.76. The van der Waals surface area contributed by atoms with E-state index in [4.69, 9.17) is 23.4 Å². The number of phenols is 3. The number of phenolic OH excluding ortho intramolecular Hbond substituents is 3. The third-order valence-electron chi connectivity index (χ3n) is 6.96. The van der Waals surface area contributed by atoms with Crippen LogP contribution in [0.2, 0.25) is 0 Å². The van der Waals surface area contributed by atoms with Crippen molar-refractivity contribution in [1.29, 1.82) is 0 Å². The number of aliphatic hydroxyl groups excluding tert-OH is 7. The Kier molecular flexibility index (Phi) is 8.17. The highest BCUT2D eigenvalue weighted by atomic mass is 16.7. The highest BCUT2D eigenvalue weighted by molar-refractivity contribution is 5.95. The number of aromatic hydroxyl groups is 3. The Bertz CT molecular complexity index is 1490. The summed E-state index contributed by atoms with van der Waals surface area (Å²) in [6.07, 6.45) is -15.8. The van der Waals surface area contributed by atoms with E-state index in [1.54, 1.807) is 0 Å². The van der Waals surface area contributed by atoms with E-state index in [-0.39, 0.29) is 17.1 Å². The maximum atomic E-state index is 13.3. The van der Waals surface area contributed by atoms with E-state index in [0.29, 0.717) is 0 Å². The van der Waals surface area contributed by atoms with Crippen LogP contribution in [0.15, 0.2) is 39.5 Å². The summed E-state index contributed by atoms with van der Waals surface area (Å²) in [5.74, 6) is -4.00. The molecule has 9 atom stereocenters. The van der Waals surface area contributed by atoms with Crippen molar-refractivity contribution in [3.8, 4) is 40.1 Å². The van der Waals surface area contributed by atoms with Crippen LogP contribution < -0.4 is 14.9 Å². The van der Waals surface area contributed by atoms with Crippen molar-refractivity contribution in [1.82, 2.24) is 0 Å². The normalized spacial score (nSPS) is 31.6. The maximum Gasteiger partial charge on any atom is 0.229 e. The topological polar surface area (TPSA) is 269 Å². The fourth-order valence-electron chi connectivity index (χ4n) is 4.58. The van der Waals surface area contributed by atoms with Crippen molar-refractivity contribution in [3.63, 3.8) is 0 Å². The number of hydrogen-bond donors (Lipinski definition) is 10. The van der Waals surface area contributed by atoms with Gasteiger partial charge in [0.15, 0.2) is 16.8 Å². The van der Waals surface area contributed by atoms with Crippen molar-refractivity contribution in [3.05, 3.63) is 40.6 Å². The Hall–Kier alpha value is -3.71. The molecule has 16 nitrogen and oxygen atoms in total. The number of rotatable bonds is 6. The molecule has 0 amide bonds. The van der Waals surface area contributed by atoms with E-state index in [1.165, 1.54) is 24.3 Å². The monoisotopic (exact) mass is 596 g/mol. The summed E-state index contributed by atoms with van der Waals surface area (Å²) in [4.78, 5) is 13.3. The molecule has 0 aliphatic carbocycles. The van der Waals surface area contributed by atoms with Crippen molar-refractivity contribution in [2.24, 2.45) is 0 Å². The molecule has 5 rings (SSSR count). The van der Waals surface area contributed by atoms with Gasteiger partial charge in [-0.1, -0.05) is 0 Å². The van der Waals surface area contributed by atoms with E-state index >= 15 is 0 Å². The van der Waals surface area contributed by atoms with Crippen LogP contribution in [0, 0.1) is 0 Å². The van der Waals surface area contributed by atoms with E-state index in [0.717, 1.165) is 6.07 Å². The van der Waals surface area contributed by atoms with Crippen LogP contribution >= 0.6 is 0 Å². The van der Waals surface area contributed by atoms with E-state index < -0.39 is 108 Å². The molecule has 0 unspecified atom stereocenters. The molecule has 16 heteroatoms. The van der Waals surface area contributed by atoms with E-state index in [2.05, 4.69) is 0 Å². The predicted octanol–water partition coefficient (Wildman–Crippen LogP) is -2.43. The summed E-state index contributed by atoms with van der Waals surface area (Å²) in [5.41, 5.74) is -1.20. The molecule has 3 aromatic rings. The van der Waals surface area contributed by atoms with Crippen LogP contribution in [0.3, 0.4) is 0 Å². The second kappa shape index (κ2) is 11.5. The van der Waals surface area contributed by atoms with Gasteiger partial charge in [0.25, 0.3) is 0 Å². The molecule has 2 aliphatic rings. The van der Waals surface area contributed by atoms with Crippen LogP contribution in [0.4, 0.5) is 0 Å². The van der Waals surface area contributed by atoms with Gasteiger partial charge in [-0.15, -0.1) is 0 Å². The van der Waals surface area contributed by atoms with Crippen LogP contribution in [-0.2, 0) is 9.47 Å². The van der Waals surface area contributed by atoms with Gasteiger partial charge in [0.2, 0.25) is 29.8 Å². The third-order valence-corrected chi connectivity index (χ3v) is 6.96.